The number of unbranched alkanes of at least 4 members (excludes halogenated alkanes) is 1. The first-order valence-corrected chi connectivity index (χ1v) is 8.07. The fourth-order valence-corrected chi connectivity index (χ4v) is 2.32. The minimum Gasteiger partial charge on any atom is -0.550 e. The van der Waals surface area contributed by atoms with Crippen LogP contribution in [0.15, 0.2) is 47.7 Å². The van der Waals surface area contributed by atoms with E-state index in [2.05, 4.69) is 21.6 Å². The summed E-state index contributed by atoms with van der Waals surface area (Å²) in [6.07, 6.45) is 3.74. The van der Waals surface area contributed by atoms with Crippen LogP contribution in [0.3, 0.4) is 0 Å². The minimum atomic E-state index is -1.01. The number of hydrazone groups is 1. The summed E-state index contributed by atoms with van der Waals surface area (Å²) in [7, 11) is 0. The third-order valence-corrected chi connectivity index (χ3v) is 3.71. The lowest BCUT2D eigenvalue weighted by molar-refractivity contribution is -0.305. The number of anilines is 1. The number of aromatic nitrogens is 1. The quantitative estimate of drug-likeness (QED) is 0.460. The first-order chi connectivity index (χ1) is 11.6. The molecule has 0 unspecified atom stereocenters. The first kappa shape index (κ1) is 17.7. The van der Waals surface area contributed by atoms with Gasteiger partial charge in [-0.2, -0.15) is 5.10 Å². The lowest BCUT2D eigenvalue weighted by Gasteiger charge is -2.10. The van der Waals surface area contributed by atoms with Gasteiger partial charge in [0.2, 0.25) is 0 Å². The van der Waals surface area contributed by atoms with E-state index in [0.29, 0.717) is 12.8 Å². The molecule has 1 N–H and O–H groups in total. The number of nitrogens with one attached hydrogen (secondary N) is 1. The molecule has 5 nitrogen and oxygen atoms in total. The second-order valence-corrected chi connectivity index (χ2v) is 5.78. The van der Waals surface area contributed by atoms with Gasteiger partial charge in [0, 0.05) is 12.2 Å². The van der Waals surface area contributed by atoms with Gasteiger partial charge >= 0.3 is 0 Å². The zero-order valence-electron chi connectivity index (χ0n) is 14.1. The van der Waals surface area contributed by atoms with Crippen molar-refractivity contribution in [3.05, 3.63) is 59.4 Å². The number of pyridine rings is 1. The van der Waals surface area contributed by atoms with Gasteiger partial charge in [0.25, 0.3) is 0 Å². The maximum absolute atomic E-state index is 10.5. The summed E-state index contributed by atoms with van der Waals surface area (Å²) in [5, 5.41) is 15.1. The van der Waals surface area contributed by atoms with Gasteiger partial charge in [0.05, 0.1) is 17.1 Å². The number of aliphatic carboxylic acids is 1. The highest BCUT2D eigenvalue weighted by molar-refractivity contribution is 5.99. The maximum Gasteiger partial charge on any atom is 0.0863 e. The number of carboxylic acid groups (broad SMARTS) is 1. The Bertz CT molecular complexity index is 712. The molecular weight excluding hydrogens is 302 g/mol. The van der Waals surface area contributed by atoms with Crippen LogP contribution in [0.4, 0.5) is 5.69 Å². The number of carboxylic acids is 1. The van der Waals surface area contributed by atoms with Crippen LogP contribution in [0.2, 0.25) is 0 Å². The second-order valence-electron chi connectivity index (χ2n) is 5.78. The second kappa shape index (κ2) is 8.82. The number of rotatable bonds is 8. The predicted octanol–water partition coefficient (Wildman–Crippen LogP) is 2.82. The number of hydrogen-bond acceptors (Lipinski definition) is 5. The maximum atomic E-state index is 10.5. The van der Waals surface area contributed by atoms with Crippen LogP contribution in [0, 0.1) is 13.8 Å². The molecule has 0 fully saturated rings. The molecule has 0 radical (unpaired) electrons. The molecule has 0 saturated carbocycles. The molecule has 0 aliphatic carbocycles. The van der Waals surface area contributed by atoms with Crippen LogP contribution in [-0.2, 0) is 4.79 Å². The summed E-state index contributed by atoms with van der Waals surface area (Å²) < 4.78 is 0. The van der Waals surface area contributed by atoms with E-state index in [1.54, 1.807) is 6.20 Å². The summed E-state index contributed by atoms with van der Waals surface area (Å²) in [6.45, 7) is 4.06. The molecule has 1 aromatic carbocycles. The Morgan fingerprint density at radius 2 is 1.96 bits per heavy atom. The average Bonchev–Trinajstić information content (AvgIpc) is 2.57. The summed E-state index contributed by atoms with van der Waals surface area (Å²) >= 11 is 0. The number of aryl methyl sites for hydroxylation is 2. The van der Waals surface area contributed by atoms with Crippen molar-refractivity contribution in [2.75, 3.05) is 5.43 Å². The Balaban J connectivity index is 2.12. The summed E-state index contributed by atoms with van der Waals surface area (Å²) in [5.74, 6) is -1.01. The topological polar surface area (TPSA) is 77.4 Å². The fourth-order valence-electron chi connectivity index (χ4n) is 2.32. The Labute approximate surface area is 142 Å². The number of carbonyl (C=O) groups is 1. The Morgan fingerprint density at radius 1 is 1.17 bits per heavy atom. The van der Waals surface area contributed by atoms with Crippen LogP contribution in [0.5, 0.6) is 0 Å². The molecule has 2 rings (SSSR count). The van der Waals surface area contributed by atoms with Crippen LogP contribution >= 0.6 is 0 Å². The molecule has 1 aromatic heterocycles. The molecule has 24 heavy (non-hydrogen) atoms. The molecule has 0 saturated heterocycles. The molecule has 0 aliphatic heterocycles. The van der Waals surface area contributed by atoms with E-state index in [0.717, 1.165) is 34.6 Å². The highest BCUT2D eigenvalue weighted by atomic mass is 16.4. The van der Waals surface area contributed by atoms with Crippen molar-refractivity contribution in [1.29, 1.82) is 0 Å². The largest absolute Gasteiger partial charge is 0.550 e. The standard InChI is InChI=1S/C19H23N3O2/c1-14-10-11-15(2)18(13-14)22-21-17(8-3-4-9-19(23)24)16-7-5-6-12-20-16/h5-7,10-13,22H,3-4,8-9H2,1-2H3,(H,23,24)/p-1/b21-17-. The van der Waals surface area contributed by atoms with Crippen molar-refractivity contribution in [3.8, 4) is 0 Å². The van der Waals surface area contributed by atoms with Gasteiger partial charge in [-0.05, 0) is 68.9 Å². The van der Waals surface area contributed by atoms with E-state index in [-0.39, 0.29) is 6.42 Å². The Hall–Kier alpha value is -2.69. The Kier molecular flexibility index (Phi) is 6.49. The molecule has 0 spiro atoms. The molecule has 5 heteroatoms. The van der Waals surface area contributed by atoms with Crippen LogP contribution in [0.1, 0.15) is 42.5 Å². The van der Waals surface area contributed by atoms with Crippen LogP contribution < -0.4 is 10.5 Å². The van der Waals surface area contributed by atoms with Gasteiger partial charge < -0.3 is 9.90 Å². The van der Waals surface area contributed by atoms with E-state index in [4.69, 9.17) is 0 Å². The predicted molar refractivity (Wildman–Crippen MR) is 93.8 cm³/mol. The van der Waals surface area contributed by atoms with Gasteiger partial charge in [-0.25, -0.2) is 0 Å². The van der Waals surface area contributed by atoms with Crippen molar-refractivity contribution < 1.29 is 9.90 Å². The van der Waals surface area contributed by atoms with Crippen LogP contribution in [-0.4, -0.2) is 16.7 Å². The summed E-state index contributed by atoms with van der Waals surface area (Å²) in [4.78, 5) is 14.9. The molecule has 1 heterocycles. The zero-order valence-corrected chi connectivity index (χ0v) is 14.1. The normalized spacial score (nSPS) is 11.3. The van der Waals surface area contributed by atoms with Gasteiger partial charge in [-0.3, -0.25) is 10.4 Å². The van der Waals surface area contributed by atoms with E-state index in [1.165, 1.54) is 0 Å². The molecule has 2 aromatic rings. The lowest BCUT2D eigenvalue weighted by atomic mass is 10.1. The average molecular weight is 324 g/mol. The SMILES string of the molecule is Cc1ccc(C)c(N/N=C(/CCCCC(=O)[O-])c2ccccn2)c1. The molecule has 0 amide bonds. The molecule has 0 aliphatic rings. The third-order valence-electron chi connectivity index (χ3n) is 3.71. The molecule has 126 valence electrons. The van der Waals surface area contributed by atoms with Gasteiger partial charge in [-0.1, -0.05) is 18.2 Å². The van der Waals surface area contributed by atoms with Crippen molar-refractivity contribution in [2.24, 2.45) is 5.10 Å². The van der Waals surface area contributed by atoms with Crippen molar-refractivity contribution in [3.63, 3.8) is 0 Å². The fraction of sp³-hybridized carbons (Fsp3) is 0.316. The van der Waals surface area contributed by atoms with E-state index in [1.807, 2.05) is 44.2 Å². The summed E-state index contributed by atoms with van der Waals surface area (Å²) in [6, 6.07) is 11.8. The lowest BCUT2D eigenvalue weighted by Crippen LogP contribution is -2.21. The van der Waals surface area contributed by atoms with Crippen molar-refractivity contribution in [2.45, 2.75) is 39.5 Å². The van der Waals surface area contributed by atoms with Gasteiger partial charge in [-0.15, -0.1) is 0 Å². The number of nitrogens with zero attached hydrogens (tertiary/aromatic N) is 2. The van der Waals surface area contributed by atoms with E-state index >= 15 is 0 Å². The van der Waals surface area contributed by atoms with Crippen molar-refractivity contribution in [1.82, 2.24) is 4.98 Å². The van der Waals surface area contributed by atoms with Gasteiger partial charge in [0.15, 0.2) is 0 Å². The van der Waals surface area contributed by atoms with E-state index in [9.17, 15) is 9.90 Å². The number of benzene rings is 1. The van der Waals surface area contributed by atoms with E-state index < -0.39 is 5.97 Å². The minimum absolute atomic E-state index is 0.0694. The zero-order chi connectivity index (χ0) is 17.4. The highest BCUT2D eigenvalue weighted by Crippen LogP contribution is 2.17. The number of hydrogen-bond donors (Lipinski definition) is 1. The smallest absolute Gasteiger partial charge is 0.0863 e. The molecule has 0 atom stereocenters. The van der Waals surface area contributed by atoms with Gasteiger partial charge in [0.1, 0.15) is 0 Å². The summed E-state index contributed by atoms with van der Waals surface area (Å²) in [5.41, 5.74) is 7.96. The first-order valence-electron chi connectivity index (χ1n) is 8.07. The molecular formula is C19H22N3O2-. The Morgan fingerprint density at radius 3 is 2.67 bits per heavy atom. The van der Waals surface area contributed by atoms with Crippen LogP contribution in [0.25, 0.3) is 0 Å². The third kappa shape index (κ3) is 5.50. The molecule has 0 bridgehead atoms. The number of carbonyl (C=O) groups excluding carboxylic acids is 1. The monoisotopic (exact) mass is 324 g/mol. The highest BCUT2D eigenvalue weighted by Gasteiger charge is 2.06. The van der Waals surface area contributed by atoms with Crippen molar-refractivity contribution >= 4 is 17.4 Å².